The third-order valence-corrected chi connectivity index (χ3v) is 3.00. The molecular formula is C12H17Cl2NO. The molecule has 0 aromatic carbocycles. The van der Waals surface area contributed by atoms with Crippen LogP contribution in [-0.4, -0.2) is 22.2 Å². The molecule has 1 aliphatic carbocycles. The van der Waals surface area contributed by atoms with Gasteiger partial charge in [0.1, 0.15) is 0 Å². The Balaban J connectivity index is 2.72. The summed E-state index contributed by atoms with van der Waals surface area (Å²) in [7, 11) is 0. The van der Waals surface area contributed by atoms with Gasteiger partial charge in [-0.1, -0.05) is 35.4 Å². The SMILES string of the molecule is C=CCCN(C(=O)C(Cl)Cl)C1=CCCCC1. The normalized spacial score (nSPS) is 15.8. The fraction of sp³-hybridized carbons (Fsp3) is 0.583. The molecule has 1 amide bonds. The quantitative estimate of drug-likeness (QED) is 0.547. The number of carbonyl (C=O) groups excluding carboxylic acids is 1. The number of allylic oxidation sites excluding steroid dienone is 2. The highest BCUT2D eigenvalue weighted by Gasteiger charge is 2.23. The van der Waals surface area contributed by atoms with E-state index < -0.39 is 4.84 Å². The summed E-state index contributed by atoms with van der Waals surface area (Å²) in [5, 5.41) is 0. The largest absolute Gasteiger partial charge is 0.314 e. The van der Waals surface area contributed by atoms with Crippen molar-refractivity contribution in [2.75, 3.05) is 6.54 Å². The van der Waals surface area contributed by atoms with Crippen LogP contribution >= 0.6 is 23.2 Å². The molecule has 0 aliphatic heterocycles. The lowest BCUT2D eigenvalue weighted by atomic mass is 10.0. The average Bonchev–Trinajstić information content (AvgIpc) is 2.30. The van der Waals surface area contributed by atoms with Crippen LogP contribution in [0.2, 0.25) is 0 Å². The van der Waals surface area contributed by atoms with Crippen molar-refractivity contribution in [2.24, 2.45) is 0 Å². The summed E-state index contributed by atoms with van der Waals surface area (Å²) in [5.41, 5.74) is 1.06. The second-order valence-corrected chi connectivity index (χ2v) is 4.91. The molecule has 0 unspecified atom stereocenters. The minimum Gasteiger partial charge on any atom is -0.314 e. The van der Waals surface area contributed by atoms with E-state index in [2.05, 4.69) is 12.7 Å². The van der Waals surface area contributed by atoms with Gasteiger partial charge >= 0.3 is 0 Å². The van der Waals surface area contributed by atoms with Gasteiger partial charge in [0.25, 0.3) is 5.91 Å². The lowest BCUT2D eigenvalue weighted by Gasteiger charge is -2.27. The van der Waals surface area contributed by atoms with Crippen LogP contribution in [-0.2, 0) is 4.79 Å². The van der Waals surface area contributed by atoms with Crippen LogP contribution in [0.25, 0.3) is 0 Å². The Kier molecular flexibility index (Phi) is 5.93. The summed E-state index contributed by atoms with van der Waals surface area (Å²) in [6.07, 6.45) is 8.94. The second kappa shape index (κ2) is 6.97. The fourth-order valence-corrected chi connectivity index (χ4v) is 2.04. The molecule has 16 heavy (non-hydrogen) atoms. The van der Waals surface area contributed by atoms with Crippen molar-refractivity contribution in [3.05, 3.63) is 24.4 Å². The first-order valence-electron chi connectivity index (χ1n) is 5.56. The van der Waals surface area contributed by atoms with E-state index in [1.54, 1.807) is 11.0 Å². The molecule has 0 bridgehead atoms. The van der Waals surface area contributed by atoms with Crippen LogP contribution in [0.1, 0.15) is 32.1 Å². The number of hydrogen-bond acceptors (Lipinski definition) is 1. The van der Waals surface area contributed by atoms with E-state index in [0.717, 1.165) is 31.4 Å². The van der Waals surface area contributed by atoms with Gasteiger partial charge < -0.3 is 4.90 Å². The number of halogens is 2. The van der Waals surface area contributed by atoms with Crippen molar-refractivity contribution in [2.45, 2.75) is 36.9 Å². The monoisotopic (exact) mass is 261 g/mol. The molecule has 2 nitrogen and oxygen atoms in total. The Hall–Kier alpha value is -0.470. The molecule has 1 aliphatic rings. The number of carbonyl (C=O) groups is 1. The molecular weight excluding hydrogens is 245 g/mol. The number of rotatable bonds is 5. The molecule has 0 atom stereocenters. The summed E-state index contributed by atoms with van der Waals surface area (Å²) < 4.78 is 0. The minimum absolute atomic E-state index is 0.224. The van der Waals surface area contributed by atoms with Gasteiger partial charge in [0.2, 0.25) is 0 Å². The highest BCUT2D eigenvalue weighted by atomic mass is 35.5. The summed E-state index contributed by atoms with van der Waals surface area (Å²) in [6.45, 7) is 4.27. The predicted octanol–water partition coefficient (Wildman–Crippen LogP) is 3.65. The molecule has 90 valence electrons. The zero-order chi connectivity index (χ0) is 12.0. The molecule has 4 heteroatoms. The molecule has 0 aromatic rings. The molecule has 0 heterocycles. The molecule has 0 radical (unpaired) electrons. The van der Waals surface area contributed by atoms with Crippen LogP contribution in [0.5, 0.6) is 0 Å². The van der Waals surface area contributed by atoms with E-state index in [1.165, 1.54) is 6.42 Å². The Morgan fingerprint density at radius 1 is 1.56 bits per heavy atom. The van der Waals surface area contributed by atoms with Crippen LogP contribution < -0.4 is 0 Å². The fourth-order valence-electron chi connectivity index (χ4n) is 1.80. The van der Waals surface area contributed by atoms with Crippen molar-refractivity contribution in [1.29, 1.82) is 0 Å². The highest BCUT2D eigenvalue weighted by Crippen LogP contribution is 2.23. The van der Waals surface area contributed by atoms with E-state index in [1.807, 2.05) is 0 Å². The third kappa shape index (κ3) is 3.84. The summed E-state index contributed by atoms with van der Waals surface area (Å²) in [4.78, 5) is 12.6. The Morgan fingerprint density at radius 3 is 2.81 bits per heavy atom. The minimum atomic E-state index is -0.979. The van der Waals surface area contributed by atoms with Gasteiger partial charge in [-0.15, -0.1) is 6.58 Å². The molecule has 0 spiro atoms. The van der Waals surface area contributed by atoms with Crippen LogP contribution in [0.15, 0.2) is 24.4 Å². The Labute approximate surface area is 107 Å². The number of alkyl halides is 2. The molecule has 1 rings (SSSR count). The lowest BCUT2D eigenvalue weighted by molar-refractivity contribution is -0.127. The van der Waals surface area contributed by atoms with E-state index in [-0.39, 0.29) is 5.91 Å². The van der Waals surface area contributed by atoms with Gasteiger partial charge in [-0.05, 0) is 32.1 Å². The first-order chi connectivity index (χ1) is 7.66. The maximum absolute atomic E-state index is 11.8. The van der Waals surface area contributed by atoms with Crippen LogP contribution in [0.4, 0.5) is 0 Å². The number of nitrogens with zero attached hydrogens (tertiary/aromatic N) is 1. The summed E-state index contributed by atoms with van der Waals surface area (Å²) >= 11 is 11.3. The maximum atomic E-state index is 11.8. The summed E-state index contributed by atoms with van der Waals surface area (Å²) in [5.74, 6) is -0.224. The average molecular weight is 262 g/mol. The van der Waals surface area contributed by atoms with Crippen molar-refractivity contribution < 1.29 is 4.79 Å². The van der Waals surface area contributed by atoms with Crippen LogP contribution in [0.3, 0.4) is 0 Å². The first-order valence-corrected chi connectivity index (χ1v) is 6.43. The number of hydrogen-bond donors (Lipinski definition) is 0. The molecule has 0 saturated carbocycles. The number of amides is 1. The molecule has 0 N–H and O–H groups in total. The van der Waals surface area contributed by atoms with Gasteiger partial charge in [0.15, 0.2) is 4.84 Å². The zero-order valence-electron chi connectivity index (χ0n) is 9.29. The van der Waals surface area contributed by atoms with E-state index in [4.69, 9.17) is 23.2 Å². The van der Waals surface area contributed by atoms with Crippen molar-refractivity contribution >= 4 is 29.1 Å². The first kappa shape index (κ1) is 13.6. The topological polar surface area (TPSA) is 20.3 Å². The predicted molar refractivity (Wildman–Crippen MR) is 68.6 cm³/mol. The summed E-state index contributed by atoms with van der Waals surface area (Å²) in [6, 6.07) is 0. The highest BCUT2D eigenvalue weighted by molar-refractivity contribution is 6.53. The van der Waals surface area contributed by atoms with E-state index >= 15 is 0 Å². The maximum Gasteiger partial charge on any atom is 0.260 e. The Morgan fingerprint density at radius 2 is 2.31 bits per heavy atom. The van der Waals surface area contributed by atoms with Gasteiger partial charge in [0.05, 0.1) is 0 Å². The van der Waals surface area contributed by atoms with Gasteiger partial charge in [0, 0.05) is 12.2 Å². The lowest BCUT2D eigenvalue weighted by Crippen LogP contribution is -2.35. The van der Waals surface area contributed by atoms with E-state index in [0.29, 0.717) is 6.54 Å². The van der Waals surface area contributed by atoms with Gasteiger partial charge in [-0.3, -0.25) is 4.79 Å². The Bertz CT molecular complexity index is 287. The van der Waals surface area contributed by atoms with Crippen molar-refractivity contribution in [3.8, 4) is 0 Å². The van der Waals surface area contributed by atoms with Gasteiger partial charge in [-0.25, -0.2) is 0 Å². The molecule has 0 aromatic heterocycles. The van der Waals surface area contributed by atoms with E-state index in [9.17, 15) is 4.79 Å². The van der Waals surface area contributed by atoms with Crippen LogP contribution in [0, 0.1) is 0 Å². The van der Waals surface area contributed by atoms with Crippen molar-refractivity contribution in [3.63, 3.8) is 0 Å². The third-order valence-electron chi connectivity index (χ3n) is 2.62. The zero-order valence-corrected chi connectivity index (χ0v) is 10.8. The standard InChI is InChI=1S/C12H17Cl2NO/c1-2-3-9-15(12(16)11(13)14)10-7-5-4-6-8-10/h2,7,11H,1,3-6,8-9H2. The van der Waals surface area contributed by atoms with Crippen molar-refractivity contribution in [1.82, 2.24) is 4.90 Å². The smallest absolute Gasteiger partial charge is 0.260 e. The molecule has 0 saturated heterocycles. The molecule has 0 fully saturated rings. The second-order valence-electron chi connectivity index (χ2n) is 3.81. The van der Waals surface area contributed by atoms with Gasteiger partial charge in [-0.2, -0.15) is 0 Å².